The lowest BCUT2D eigenvalue weighted by Crippen LogP contribution is -2.31. The first-order chi connectivity index (χ1) is 8.09. The number of imidazole rings is 1. The van der Waals surface area contributed by atoms with Gasteiger partial charge in [-0.25, -0.2) is 9.29 Å². The molecule has 1 aromatic rings. The third-order valence-electron chi connectivity index (χ3n) is 2.49. The van der Waals surface area contributed by atoms with Crippen LogP contribution in [0.25, 0.3) is 0 Å². The molecule has 0 spiro atoms. The summed E-state index contributed by atoms with van der Waals surface area (Å²) in [5, 5.41) is 9.34. The molecule has 0 fully saturated rings. The van der Waals surface area contributed by atoms with Gasteiger partial charge in [0.2, 0.25) is 5.88 Å². The smallest absolute Gasteiger partial charge is 0.326 e. The number of aliphatic hydroxyl groups excluding tert-OH is 1. The molecule has 2 heterocycles. The fraction of sp³-hybridized carbons (Fsp3) is 0.444. The number of hydrogen-bond donors (Lipinski definition) is 3. The van der Waals surface area contributed by atoms with Gasteiger partial charge in [-0.1, -0.05) is 0 Å². The van der Waals surface area contributed by atoms with E-state index in [4.69, 9.17) is 0 Å². The van der Waals surface area contributed by atoms with Crippen molar-refractivity contribution in [2.45, 2.75) is 19.3 Å². The largest absolute Gasteiger partial charge is 0.493 e. The van der Waals surface area contributed by atoms with Gasteiger partial charge in [-0.15, -0.1) is 0 Å². The van der Waals surface area contributed by atoms with Crippen molar-refractivity contribution in [1.82, 2.24) is 19.0 Å². The molecule has 0 saturated heterocycles. The topological polar surface area (TPSA) is 98.3 Å². The maximum absolute atomic E-state index is 11.4. The fourth-order valence-electron chi connectivity index (χ4n) is 1.61. The first-order valence-electron chi connectivity index (χ1n) is 5.26. The molecule has 0 aliphatic carbocycles. The molecule has 0 unspecified atom stereocenters. The first kappa shape index (κ1) is 11.8. The molecule has 7 nitrogen and oxygen atoms in total. The van der Waals surface area contributed by atoms with Crippen LogP contribution in [0.3, 0.4) is 0 Å². The normalized spacial score (nSPS) is 17.9. The van der Waals surface area contributed by atoms with Crippen molar-refractivity contribution in [3.05, 3.63) is 30.3 Å². The molecular formula is C9H14N4O3S. The summed E-state index contributed by atoms with van der Waals surface area (Å²) < 4.78 is 25.8. The van der Waals surface area contributed by atoms with Gasteiger partial charge in [0.05, 0.1) is 12.5 Å². The molecule has 0 radical (unpaired) electrons. The number of H-pyrrole nitrogens is 1. The highest BCUT2D eigenvalue weighted by atomic mass is 32.2. The van der Waals surface area contributed by atoms with E-state index in [2.05, 4.69) is 14.7 Å². The number of aromatic nitrogens is 2. The van der Waals surface area contributed by atoms with E-state index in [9.17, 15) is 13.5 Å². The van der Waals surface area contributed by atoms with Crippen molar-refractivity contribution >= 4 is 10.2 Å². The van der Waals surface area contributed by atoms with E-state index >= 15 is 0 Å². The van der Waals surface area contributed by atoms with Gasteiger partial charge in [-0.3, -0.25) is 4.72 Å². The Labute approximate surface area is 99.4 Å². The predicted octanol–water partition coefficient (Wildman–Crippen LogP) is 0.239. The second-order valence-electron chi connectivity index (χ2n) is 3.73. The second-order valence-corrected chi connectivity index (χ2v) is 5.36. The zero-order valence-electron chi connectivity index (χ0n) is 9.13. The van der Waals surface area contributed by atoms with Crippen molar-refractivity contribution in [2.75, 3.05) is 6.54 Å². The van der Waals surface area contributed by atoms with Gasteiger partial charge in [0, 0.05) is 18.4 Å². The molecule has 8 heteroatoms. The second kappa shape index (κ2) is 4.66. The number of hydrogen-bond acceptors (Lipinski definition) is 4. The molecule has 2 rings (SSSR count). The number of nitrogens with one attached hydrogen (secondary N) is 2. The Bertz CT molecular complexity index is 494. The summed E-state index contributed by atoms with van der Waals surface area (Å²) in [6, 6.07) is 0. The number of aromatic amines is 1. The SMILES string of the molecule is O=S1(=O)NC=C(O)N1CCCCc1cnc[nH]1. The highest BCUT2D eigenvalue weighted by molar-refractivity contribution is 7.87. The van der Waals surface area contributed by atoms with E-state index in [1.54, 1.807) is 12.5 Å². The zero-order valence-corrected chi connectivity index (χ0v) is 9.94. The van der Waals surface area contributed by atoms with Crippen molar-refractivity contribution in [2.24, 2.45) is 0 Å². The first-order valence-corrected chi connectivity index (χ1v) is 6.70. The van der Waals surface area contributed by atoms with Crippen molar-refractivity contribution in [3.63, 3.8) is 0 Å². The van der Waals surface area contributed by atoms with Gasteiger partial charge < -0.3 is 10.1 Å². The lowest BCUT2D eigenvalue weighted by molar-refractivity contribution is 0.285. The molecule has 0 saturated carbocycles. The van der Waals surface area contributed by atoms with Crippen LogP contribution in [-0.2, 0) is 16.6 Å². The minimum Gasteiger partial charge on any atom is -0.493 e. The molecule has 3 N–H and O–H groups in total. The van der Waals surface area contributed by atoms with Crippen LogP contribution in [-0.4, -0.2) is 34.3 Å². The van der Waals surface area contributed by atoms with E-state index in [0.717, 1.165) is 29.0 Å². The van der Waals surface area contributed by atoms with Crippen molar-refractivity contribution in [3.8, 4) is 0 Å². The number of aliphatic hydroxyl groups is 1. The molecule has 0 bridgehead atoms. The van der Waals surface area contributed by atoms with E-state index in [-0.39, 0.29) is 12.4 Å². The maximum Gasteiger partial charge on any atom is 0.326 e. The van der Waals surface area contributed by atoms with E-state index < -0.39 is 10.2 Å². The summed E-state index contributed by atoms with van der Waals surface area (Å²) in [5.74, 6) is -0.258. The van der Waals surface area contributed by atoms with Crippen LogP contribution in [0.5, 0.6) is 0 Å². The molecule has 94 valence electrons. The van der Waals surface area contributed by atoms with Crippen LogP contribution in [0.2, 0.25) is 0 Å². The summed E-state index contributed by atoms with van der Waals surface area (Å²) in [6.45, 7) is 0.270. The van der Waals surface area contributed by atoms with Crippen molar-refractivity contribution < 1.29 is 13.5 Å². The average molecular weight is 258 g/mol. The maximum atomic E-state index is 11.4. The Morgan fingerprint density at radius 3 is 2.82 bits per heavy atom. The van der Waals surface area contributed by atoms with Gasteiger partial charge >= 0.3 is 10.2 Å². The third-order valence-corrected chi connectivity index (χ3v) is 3.86. The Morgan fingerprint density at radius 1 is 1.41 bits per heavy atom. The minimum absolute atomic E-state index is 0.258. The molecule has 17 heavy (non-hydrogen) atoms. The van der Waals surface area contributed by atoms with Crippen LogP contribution in [0, 0.1) is 0 Å². The van der Waals surface area contributed by atoms with Gasteiger partial charge in [-0.05, 0) is 19.3 Å². The van der Waals surface area contributed by atoms with Gasteiger partial charge in [0.25, 0.3) is 0 Å². The van der Waals surface area contributed by atoms with Crippen LogP contribution < -0.4 is 4.72 Å². The monoisotopic (exact) mass is 258 g/mol. The Hall–Kier alpha value is -1.70. The Morgan fingerprint density at radius 2 is 2.24 bits per heavy atom. The molecular weight excluding hydrogens is 244 g/mol. The standard InChI is InChI=1S/C9H14N4O3S/c14-9-6-12-17(15,16)13(9)4-2-1-3-8-5-10-7-11-8/h5-7,12,14H,1-4H2,(H,10,11). The molecule has 1 aromatic heterocycles. The number of unbranched alkanes of at least 4 members (excludes halogenated alkanes) is 1. The average Bonchev–Trinajstić information content (AvgIpc) is 2.86. The number of rotatable bonds is 5. The number of nitrogens with zero attached hydrogens (tertiary/aromatic N) is 2. The lowest BCUT2D eigenvalue weighted by Gasteiger charge is -2.15. The number of aryl methyl sites for hydroxylation is 1. The van der Waals surface area contributed by atoms with Crippen LogP contribution >= 0.6 is 0 Å². The Balaban J connectivity index is 1.77. The highest BCUT2D eigenvalue weighted by Crippen LogP contribution is 2.14. The van der Waals surface area contributed by atoms with Crippen molar-refractivity contribution in [1.29, 1.82) is 0 Å². The fourth-order valence-corrected chi connectivity index (χ4v) is 2.66. The summed E-state index contributed by atoms with van der Waals surface area (Å²) >= 11 is 0. The van der Waals surface area contributed by atoms with Gasteiger partial charge in [0.15, 0.2) is 0 Å². The van der Waals surface area contributed by atoms with Crippen LogP contribution in [0.4, 0.5) is 0 Å². The minimum atomic E-state index is -3.55. The molecule has 1 aliphatic heterocycles. The third kappa shape index (κ3) is 2.70. The van der Waals surface area contributed by atoms with Crippen LogP contribution in [0.1, 0.15) is 18.5 Å². The summed E-state index contributed by atoms with van der Waals surface area (Å²) in [7, 11) is -3.55. The Kier molecular flexibility index (Phi) is 3.23. The van der Waals surface area contributed by atoms with E-state index in [0.29, 0.717) is 6.42 Å². The van der Waals surface area contributed by atoms with Gasteiger partial charge in [0.1, 0.15) is 0 Å². The molecule has 0 amide bonds. The zero-order chi connectivity index (χ0) is 12.3. The summed E-state index contributed by atoms with van der Waals surface area (Å²) in [4.78, 5) is 6.87. The molecule has 1 aliphatic rings. The quantitative estimate of drug-likeness (QED) is 0.659. The summed E-state index contributed by atoms with van der Waals surface area (Å²) in [6.07, 6.45) is 6.72. The van der Waals surface area contributed by atoms with Crippen LogP contribution in [0.15, 0.2) is 24.6 Å². The highest BCUT2D eigenvalue weighted by Gasteiger charge is 2.28. The lowest BCUT2D eigenvalue weighted by atomic mass is 10.2. The van der Waals surface area contributed by atoms with E-state index in [1.165, 1.54) is 0 Å². The molecule has 0 aromatic carbocycles. The summed E-state index contributed by atoms with van der Waals surface area (Å²) in [5.41, 5.74) is 1.02. The predicted molar refractivity (Wildman–Crippen MR) is 61.0 cm³/mol. The van der Waals surface area contributed by atoms with E-state index in [1.807, 2.05) is 0 Å². The van der Waals surface area contributed by atoms with Gasteiger partial charge in [-0.2, -0.15) is 8.42 Å². The molecule has 0 atom stereocenters.